The van der Waals surface area contributed by atoms with E-state index in [0.717, 1.165) is 17.4 Å². The number of pyridine rings is 1. The van der Waals surface area contributed by atoms with Crippen molar-refractivity contribution in [3.8, 4) is 5.88 Å². The first-order chi connectivity index (χ1) is 9.70. The summed E-state index contributed by atoms with van der Waals surface area (Å²) in [7, 11) is 0. The summed E-state index contributed by atoms with van der Waals surface area (Å²) >= 11 is 1.61. The molecule has 2 heterocycles. The van der Waals surface area contributed by atoms with Gasteiger partial charge < -0.3 is 10.1 Å². The Hall–Kier alpha value is -1.69. The Kier molecular flexibility index (Phi) is 5.29. The van der Waals surface area contributed by atoms with Gasteiger partial charge >= 0.3 is 0 Å². The van der Waals surface area contributed by atoms with Gasteiger partial charge in [0.05, 0.1) is 6.61 Å². The lowest BCUT2D eigenvalue weighted by atomic mass is 10.3. The summed E-state index contributed by atoms with van der Waals surface area (Å²) in [5, 5.41) is 4.77. The molecule has 3 nitrogen and oxygen atoms in total. The zero-order chi connectivity index (χ0) is 14.4. The van der Waals surface area contributed by atoms with Gasteiger partial charge in [0, 0.05) is 23.9 Å². The van der Waals surface area contributed by atoms with E-state index in [1.54, 1.807) is 11.3 Å². The molecule has 2 aromatic rings. The zero-order valence-electron chi connectivity index (χ0n) is 11.2. The van der Waals surface area contributed by atoms with E-state index in [1.807, 2.05) is 24.4 Å². The Morgan fingerprint density at radius 1 is 1.35 bits per heavy atom. The fourth-order valence-corrected chi connectivity index (χ4v) is 2.31. The molecular formula is C14H16F2N2OS. The van der Waals surface area contributed by atoms with Crippen molar-refractivity contribution in [3.05, 3.63) is 40.1 Å². The predicted octanol–water partition coefficient (Wildman–Crippen LogP) is 3.86. The first-order valence-corrected chi connectivity index (χ1v) is 7.33. The number of nitrogens with zero attached hydrogens (tertiary/aromatic N) is 1. The van der Waals surface area contributed by atoms with Gasteiger partial charge in [-0.1, -0.05) is 13.0 Å². The molecule has 20 heavy (non-hydrogen) atoms. The van der Waals surface area contributed by atoms with Crippen LogP contribution in [0.3, 0.4) is 0 Å². The van der Waals surface area contributed by atoms with Gasteiger partial charge in [-0.3, -0.25) is 0 Å². The predicted molar refractivity (Wildman–Crippen MR) is 76.5 cm³/mol. The van der Waals surface area contributed by atoms with Crippen molar-refractivity contribution in [1.82, 2.24) is 4.98 Å². The van der Waals surface area contributed by atoms with Crippen LogP contribution in [0.25, 0.3) is 0 Å². The topological polar surface area (TPSA) is 34.2 Å². The molecule has 0 atom stereocenters. The molecule has 0 spiro atoms. The molecule has 108 valence electrons. The molecule has 0 aromatic carbocycles. The highest BCUT2D eigenvalue weighted by Gasteiger charge is 2.12. The van der Waals surface area contributed by atoms with Gasteiger partial charge in [-0.2, -0.15) is 4.98 Å². The van der Waals surface area contributed by atoms with Crippen molar-refractivity contribution in [2.24, 2.45) is 0 Å². The lowest BCUT2D eigenvalue weighted by Crippen LogP contribution is -2.09. The highest BCUT2D eigenvalue weighted by Crippen LogP contribution is 2.21. The van der Waals surface area contributed by atoms with Gasteiger partial charge in [-0.25, -0.2) is 8.78 Å². The maximum Gasteiger partial charge on any atom is 0.252 e. The third-order valence-electron chi connectivity index (χ3n) is 2.61. The van der Waals surface area contributed by atoms with E-state index >= 15 is 0 Å². The maximum absolute atomic E-state index is 13.6. The smallest absolute Gasteiger partial charge is 0.252 e. The number of halogens is 2. The molecule has 1 N–H and O–H groups in total. The zero-order valence-corrected chi connectivity index (χ0v) is 12.0. The molecule has 0 bridgehead atoms. The van der Waals surface area contributed by atoms with Crippen molar-refractivity contribution in [2.75, 3.05) is 18.5 Å². The van der Waals surface area contributed by atoms with Crippen molar-refractivity contribution >= 4 is 17.2 Å². The quantitative estimate of drug-likeness (QED) is 0.842. The van der Waals surface area contributed by atoms with Crippen molar-refractivity contribution in [2.45, 2.75) is 19.8 Å². The summed E-state index contributed by atoms with van der Waals surface area (Å²) in [4.78, 5) is 5.00. The molecule has 2 rings (SSSR count). The maximum atomic E-state index is 13.6. The van der Waals surface area contributed by atoms with E-state index in [0.29, 0.717) is 19.6 Å². The molecular weight excluding hydrogens is 282 g/mol. The lowest BCUT2D eigenvalue weighted by molar-refractivity contribution is 0.292. The number of hydrogen-bond acceptors (Lipinski definition) is 4. The van der Waals surface area contributed by atoms with Crippen LogP contribution in [0.1, 0.15) is 18.2 Å². The van der Waals surface area contributed by atoms with E-state index in [1.165, 1.54) is 0 Å². The van der Waals surface area contributed by atoms with E-state index in [4.69, 9.17) is 4.74 Å². The normalized spacial score (nSPS) is 10.6. The molecule has 0 aliphatic heterocycles. The van der Waals surface area contributed by atoms with Crippen LogP contribution in [0.2, 0.25) is 0 Å². The molecule has 2 aromatic heterocycles. The van der Waals surface area contributed by atoms with Gasteiger partial charge in [-0.15, -0.1) is 11.3 Å². The second-order valence-corrected chi connectivity index (χ2v) is 5.24. The lowest BCUT2D eigenvalue weighted by Gasteiger charge is -2.10. The van der Waals surface area contributed by atoms with Crippen molar-refractivity contribution < 1.29 is 13.5 Å². The number of hydrogen-bond donors (Lipinski definition) is 1. The first-order valence-electron chi connectivity index (χ1n) is 6.45. The third-order valence-corrected chi connectivity index (χ3v) is 3.54. The van der Waals surface area contributed by atoms with Gasteiger partial charge in [0.1, 0.15) is 0 Å². The molecule has 0 aliphatic rings. The third kappa shape index (κ3) is 3.90. The number of anilines is 1. The number of ether oxygens (including phenoxy) is 1. The fraction of sp³-hybridized carbons (Fsp3) is 0.357. The van der Waals surface area contributed by atoms with E-state index < -0.39 is 11.6 Å². The van der Waals surface area contributed by atoms with Gasteiger partial charge in [0.15, 0.2) is 17.5 Å². The summed E-state index contributed by atoms with van der Waals surface area (Å²) < 4.78 is 32.3. The molecule has 6 heteroatoms. The minimum Gasteiger partial charge on any atom is -0.475 e. The number of rotatable bonds is 7. The Balaban J connectivity index is 1.99. The standard InChI is InChI=1S/C14H16F2N2OS/c1-2-6-17-13-11(15)9-12(16)14(18-13)19-7-5-10-4-3-8-20-10/h3-4,8-9H,2,5-7H2,1H3,(H,17,18). The van der Waals surface area contributed by atoms with Gasteiger partial charge in [0.2, 0.25) is 0 Å². The molecule has 0 fully saturated rings. The number of thiophene rings is 1. The average Bonchev–Trinajstić information content (AvgIpc) is 2.93. The Morgan fingerprint density at radius 3 is 2.90 bits per heavy atom. The summed E-state index contributed by atoms with van der Waals surface area (Å²) in [6.45, 7) is 2.83. The average molecular weight is 298 g/mol. The fourth-order valence-electron chi connectivity index (χ4n) is 1.62. The Labute approximate surface area is 120 Å². The van der Waals surface area contributed by atoms with Gasteiger partial charge in [-0.05, 0) is 17.9 Å². The molecule has 0 saturated carbocycles. The highest BCUT2D eigenvalue weighted by molar-refractivity contribution is 7.09. The number of aromatic nitrogens is 1. The SMILES string of the molecule is CCCNc1nc(OCCc2cccs2)c(F)cc1F. The van der Waals surface area contributed by atoms with E-state index in [-0.39, 0.29) is 11.7 Å². The van der Waals surface area contributed by atoms with Crippen LogP contribution in [0.5, 0.6) is 5.88 Å². The van der Waals surface area contributed by atoms with E-state index in [2.05, 4.69) is 10.3 Å². The summed E-state index contributed by atoms with van der Waals surface area (Å²) in [5.41, 5.74) is 0. The minimum atomic E-state index is -0.782. The molecule has 0 saturated heterocycles. The largest absolute Gasteiger partial charge is 0.475 e. The van der Waals surface area contributed by atoms with Gasteiger partial charge in [0.25, 0.3) is 5.88 Å². The molecule has 0 aliphatic carbocycles. The van der Waals surface area contributed by atoms with Crippen LogP contribution >= 0.6 is 11.3 Å². The minimum absolute atomic E-state index is 0.0272. The van der Waals surface area contributed by atoms with Crippen molar-refractivity contribution in [3.63, 3.8) is 0 Å². The summed E-state index contributed by atoms with van der Waals surface area (Å²) in [6, 6.07) is 4.73. The van der Waals surface area contributed by atoms with Crippen LogP contribution in [-0.4, -0.2) is 18.1 Å². The summed E-state index contributed by atoms with van der Waals surface area (Å²) in [5.74, 6) is -1.63. The van der Waals surface area contributed by atoms with Crippen LogP contribution in [0.15, 0.2) is 23.6 Å². The molecule has 0 amide bonds. The van der Waals surface area contributed by atoms with Crippen LogP contribution < -0.4 is 10.1 Å². The Bertz CT molecular complexity index is 546. The molecule has 0 radical (unpaired) electrons. The number of nitrogens with one attached hydrogen (secondary N) is 1. The Morgan fingerprint density at radius 2 is 2.20 bits per heavy atom. The van der Waals surface area contributed by atoms with Crippen LogP contribution in [0, 0.1) is 11.6 Å². The second-order valence-electron chi connectivity index (χ2n) is 4.21. The summed E-state index contributed by atoms with van der Waals surface area (Å²) in [6.07, 6.45) is 1.50. The molecule has 0 unspecified atom stereocenters. The van der Waals surface area contributed by atoms with Crippen molar-refractivity contribution in [1.29, 1.82) is 0 Å². The highest BCUT2D eigenvalue weighted by atomic mass is 32.1. The second kappa shape index (κ2) is 7.19. The van der Waals surface area contributed by atoms with Crippen LogP contribution in [0.4, 0.5) is 14.6 Å². The van der Waals surface area contributed by atoms with E-state index in [9.17, 15) is 8.78 Å². The first kappa shape index (κ1) is 14.7. The van der Waals surface area contributed by atoms with Crippen LogP contribution in [-0.2, 0) is 6.42 Å². The monoisotopic (exact) mass is 298 g/mol.